The Kier molecular flexibility index (Phi) is 5.69. The van der Waals surface area contributed by atoms with Crippen molar-refractivity contribution < 1.29 is 19.4 Å². The van der Waals surface area contributed by atoms with Crippen LogP contribution in [0.4, 0.5) is 0 Å². The molecule has 17 heavy (non-hydrogen) atoms. The van der Waals surface area contributed by atoms with Gasteiger partial charge < -0.3 is 15.2 Å². The predicted molar refractivity (Wildman–Crippen MR) is 62.5 cm³/mol. The van der Waals surface area contributed by atoms with E-state index in [1.807, 2.05) is 0 Å². The average Bonchev–Trinajstić information content (AvgIpc) is 2.34. The minimum atomic E-state index is -0.993. The van der Waals surface area contributed by atoms with Crippen LogP contribution in [0.3, 0.4) is 0 Å². The molecule has 2 N–H and O–H groups in total. The lowest BCUT2D eigenvalue weighted by Crippen LogP contribution is -2.48. The highest BCUT2D eigenvalue weighted by molar-refractivity contribution is 5.83. The van der Waals surface area contributed by atoms with Gasteiger partial charge in [-0.1, -0.05) is 6.08 Å². The lowest BCUT2D eigenvalue weighted by atomic mass is 9.93. The first-order valence-electron chi connectivity index (χ1n) is 5.86. The third kappa shape index (κ3) is 4.56. The highest BCUT2D eigenvalue weighted by Crippen LogP contribution is 2.18. The number of allylic oxidation sites excluding steroid dienone is 1. The molecule has 2 atom stereocenters. The second kappa shape index (κ2) is 7.06. The second-order valence-electron chi connectivity index (χ2n) is 4.19. The molecule has 1 saturated heterocycles. The number of ether oxygens (including phenoxy) is 1. The van der Waals surface area contributed by atoms with E-state index in [1.165, 1.54) is 0 Å². The first-order valence-corrected chi connectivity index (χ1v) is 5.86. The molecule has 1 rings (SSSR count). The number of amides is 1. The molecule has 0 aromatic carbocycles. The molecule has 0 aliphatic carbocycles. The van der Waals surface area contributed by atoms with E-state index in [2.05, 4.69) is 11.9 Å². The fourth-order valence-electron chi connectivity index (χ4n) is 1.89. The van der Waals surface area contributed by atoms with Crippen molar-refractivity contribution in [2.75, 3.05) is 13.2 Å². The Morgan fingerprint density at radius 3 is 2.88 bits per heavy atom. The lowest BCUT2D eigenvalue weighted by molar-refractivity contribution is -0.145. The molecule has 0 aromatic heterocycles. The zero-order chi connectivity index (χ0) is 12.7. The molecule has 0 radical (unpaired) electrons. The number of nitrogens with one attached hydrogen (secondary N) is 1. The molecule has 96 valence electrons. The van der Waals surface area contributed by atoms with Crippen LogP contribution >= 0.6 is 0 Å². The molecule has 0 saturated carbocycles. The minimum absolute atomic E-state index is 0.131. The van der Waals surface area contributed by atoms with Crippen molar-refractivity contribution in [2.24, 2.45) is 5.92 Å². The molecule has 5 heteroatoms. The van der Waals surface area contributed by atoms with Crippen LogP contribution in [0.1, 0.15) is 25.7 Å². The van der Waals surface area contributed by atoms with Gasteiger partial charge in [-0.25, -0.2) is 4.79 Å². The number of carbonyl (C=O) groups is 2. The summed E-state index contributed by atoms with van der Waals surface area (Å²) < 4.78 is 5.25. The van der Waals surface area contributed by atoms with Gasteiger partial charge >= 0.3 is 5.97 Å². The number of carboxylic acid groups (broad SMARTS) is 1. The maximum Gasteiger partial charge on any atom is 0.326 e. The van der Waals surface area contributed by atoms with Gasteiger partial charge in [-0.05, 0) is 19.3 Å². The first kappa shape index (κ1) is 13.7. The Morgan fingerprint density at radius 1 is 1.59 bits per heavy atom. The maximum absolute atomic E-state index is 11.5. The van der Waals surface area contributed by atoms with E-state index in [0.29, 0.717) is 19.6 Å². The summed E-state index contributed by atoms with van der Waals surface area (Å²) in [5.74, 6) is -1.37. The van der Waals surface area contributed by atoms with Crippen molar-refractivity contribution in [1.82, 2.24) is 5.32 Å². The summed E-state index contributed by atoms with van der Waals surface area (Å²) in [7, 11) is 0. The number of carboxylic acids is 1. The van der Waals surface area contributed by atoms with Gasteiger partial charge in [0.1, 0.15) is 6.04 Å². The number of rotatable bonds is 6. The molecule has 1 heterocycles. The molecular weight excluding hydrogens is 222 g/mol. The fourth-order valence-corrected chi connectivity index (χ4v) is 1.89. The first-order chi connectivity index (χ1) is 8.15. The quantitative estimate of drug-likeness (QED) is 0.679. The van der Waals surface area contributed by atoms with Crippen molar-refractivity contribution in [2.45, 2.75) is 31.7 Å². The highest BCUT2D eigenvalue weighted by Gasteiger charge is 2.30. The molecule has 1 aliphatic rings. The van der Waals surface area contributed by atoms with Crippen LogP contribution in [-0.2, 0) is 14.3 Å². The topological polar surface area (TPSA) is 75.6 Å². The Morgan fingerprint density at radius 2 is 2.35 bits per heavy atom. The van der Waals surface area contributed by atoms with E-state index in [4.69, 9.17) is 9.84 Å². The van der Waals surface area contributed by atoms with Gasteiger partial charge in [-0.15, -0.1) is 6.58 Å². The molecule has 1 amide bonds. The van der Waals surface area contributed by atoms with E-state index in [9.17, 15) is 9.59 Å². The van der Waals surface area contributed by atoms with Gasteiger partial charge in [0.25, 0.3) is 0 Å². The predicted octanol–water partition coefficient (Wildman–Crippen LogP) is 0.949. The summed E-state index contributed by atoms with van der Waals surface area (Å²) >= 11 is 0. The summed E-state index contributed by atoms with van der Waals surface area (Å²) in [6, 6.07) is -0.840. The van der Waals surface area contributed by atoms with Gasteiger partial charge in [0, 0.05) is 18.9 Å². The van der Waals surface area contributed by atoms with Gasteiger partial charge in [0.2, 0.25) is 5.91 Å². The molecular formula is C12H19NO4. The zero-order valence-corrected chi connectivity index (χ0v) is 9.85. The Hall–Kier alpha value is -1.36. The Bertz CT molecular complexity index is 284. The summed E-state index contributed by atoms with van der Waals surface area (Å²) in [6.45, 7) is 4.60. The summed E-state index contributed by atoms with van der Waals surface area (Å²) in [6.07, 6.45) is 4.09. The number of aliphatic carboxylic acids is 1. The molecule has 0 bridgehead atoms. The van der Waals surface area contributed by atoms with E-state index in [1.54, 1.807) is 6.08 Å². The molecule has 0 aromatic rings. The van der Waals surface area contributed by atoms with Crippen molar-refractivity contribution in [1.29, 1.82) is 0 Å². The van der Waals surface area contributed by atoms with E-state index in [0.717, 1.165) is 12.8 Å². The van der Waals surface area contributed by atoms with Crippen LogP contribution in [0.5, 0.6) is 0 Å². The summed E-state index contributed by atoms with van der Waals surface area (Å²) in [5.41, 5.74) is 0. The molecule has 2 unspecified atom stereocenters. The van der Waals surface area contributed by atoms with Crippen molar-refractivity contribution in [3.63, 3.8) is 0 Å². The standard InChI is InChI=1S/C12H19NO4/c1-2-3-6-10(14)13-11(12(15)16)9-5-4-7-17-8-9/h2,9,11H,1,3-8H2,(H,13,14)(H,15,16). The van der Waals surface area contributed by atoms with Crippen LogP contribution in [-0.4, -0.2) is 36.2 Å². The largest absolute Gasteiger partial charge is 0.480 e. The number of hydrogen-bond donors (Lipinski definition) is 2. The average molecular weight is 241 g/mol. The van der Waals surface area contributed by atoms with Crippen molar-refractivity contribution in [3.8, 4) is 0 Å². The van der Waals surface area contributed by atoms with E-state index in [-0.39, 0.29) is 18.2 Å². The van der Waals surface area contributed by atoms with Gasteiger partial charge in [0.05, 0.1) is 6.61 Å². The summed E-state index contributed by atoms with van der Waals surface area (Å²) in [5, 5.41) is 11.7. The van der Waals surface area contributed by atoms with Crippen LogP contribution in [0.2, 0.25) is 0 Å². The Labute approximate surface area is 101 Å². The van der Waals surface area contributed by atoms with Crippen LogP contribution in [0.15, 0.2) is 12.7 Å². The monoisotopic (exact) mass is 241 g/mol. The molecule has 5 nitrogen and oxygen atoms in total. The third-order valence-corrected chi connectivity index (χ3v) is 2.82. The third-order valence-electron chi connectivity index (χ3n) is 2.82. The fraction of sp³-hybridized carbons (Fsp3) is 0.667. The van der Waals surface area contributed by atoms with Gasteiger partial charge in [-0.3, -0.25) is 4.79 Å². The van der Waals surface area contributed by atoms with Gasteiger partial charge in [-0.2, -0.15) is 0 Å². The van der Waals surface area contributed by atoms with Crippen LogP contribution in [0, 0.1) is 5.92 Å². The lowest BCUT2D eigenvalue weighted by Gasteiger charge is -2.28. The van der Waals surface area contributed by atoms with E-state index < -0.39 is 12.0 Å². The van der Waals surface area contributed by atoms with Crippen LogP contribution in [0.25, 0.3) is 0 Å². The van der Waals surface area contributed by atoms with E-state index >= 15 is 0 Å². The van der Waals surface area contributed by atoms with Crippen molar-refractivity contribution in [3.05, 3.63) is 12.7 Å². The molecule has 0 spiro atoms. The molecule has 1 fully saturated rings. The number of carbonyl (C=O) groups excluding carboxylic acids is 1. The SMILES string of the molecule is C=CCCC(=O)NC(C(=O)O)C1CCCOC1. The molecule has 1 aliphatic heterocycles. The maximum atomic E-state index is 11.5. The minimum Gasteiger partial charge on any atom is -0.480 e. The summed E-state index contributed by atoms with van der Waals surface area (Å²) in [4.78, 5) is 22.6. The second-order valence-corrected chi connectivity index (χ2v) is 4.19. The highest BCUT2D eigenvalue weighted by atomic mass is 16.5. The normalized spacial score (nSPS) is 21.5. The number of hydrogen-bond acceptors (Lipinski definition) is 3. The van der Waals surface area contributed by atoms with Crippen LogP contribution < -0.4 is 5.32 Å². The zero-order valence-electron chi connectivity index (χ0n) is 9.85. The Balaban J connectivity index is 2.50. The smallest absolute Gasteiger partial charge is 0.326 e. The van der Waals surface area contributed by atoms with Gasteiger partial charge in [0.15, 0.2) is 0 Å². The van der Waals surface area contributed by atoms with Crippen molar-refractivity contribution >= 4 is 11.9 Å².